The van der Waals surface area contributed by atoms with Crippen LogP contribution in [0.2, 0.25) is 0 Å². The molecule has 144 valence electrons. The normalized spacial score (nSPS) is 16.5. The minimum absolute atomic E-state index is 0.115. The van der Waals surface area contributed by atoms with Crippen LogP contribution in [0.5, 0.6) is 5.75 Å². The summed E-state index contributed by atoms with van der Waals surface area (Å²) in [5.41, 5.74) is 2.09. The molecule has 0 spiro atoms. The maximum absolute atomic E-state index is 12.6. The number of nitrogens with zero attached hydrogens (tertiary/aromatic N) is 3. The Labute approximate surface area is 162 Å². The second kappa shape index (κ2) is 7.24. The van der Waals surface area contributed by atoms with Crippen molar-refractivity contribution in [3.05, 3.63) is 53.9 Å². The van der Waals surface area contributed by atoms with E-state index < -0.39 is 10.0 Å². The Morgan fingerprint density at radius 3 is 2.82 bits per heavy atom. The maximum Gasteiger partial charge on any atom is 0.240 e. The lowest BCUT2D eigenvalue weighted by molar-refractivity contribution is 0.0581. The Morgan fingerprint density at radius 1 is 1.32 bits per heavy atom. The van der Waals surface area contributed by atoms with Gasteiger partial charge in [0.1, 0.15) is 18.2 Å². The summed E-state index contributed by atoms with van der Waals surface area (Å²) in [7, 11) is -2.10. The third-order valence-corrected chi connectivity index (χ3v) is 6.12. The van der Waals surface area contributed by atoms with Crippen molar-refractivity contribution in [2.24, 2.45) is 0 Å². The molecule has 3 aromatic rings. The first-order valence-corrected chi connectivity index (χ1v) is 10.1. The van der Waals surface area contributed by atoms with Gasteiger partial charge in [0.2, 0.25) is 10.0 Å². The highest BCUT2D eigenvalue weighted by atomic mass is 32.2. The summed E-state index contributed by atoms with van der Waals surface area (Å²) < 4.78 is 40.7. The van der Waals surface area contributed by atoms with Crippen molar-refractivity contribution in [2.75, 3.05) is 20.3 Å². The predicted octanol–water partition coefficient (Wildman–Crippen LogP) is 1.97. The Balaban J connectivity index is 1.59. The van der Waals surface area contributed by atoms with Gasteiger partial charge < -0.3 is 14.0 Å². The molecular weight excluding hydrogens is 380 g/mol. The number of benzene rings is 2. The number of imidazole rings is 1. The zero-order valence-corrected chi connectivity index (χ0v) is 15.9. The van der Waals surface area contributed by atoms with Gasteiger partial charge >= 0.3 is 0 Å². The second-order valence-electron chi connectivity index (χ2n) is 6.41. The van der Waals surface area contributed by atoms with E-state index in [1.54, 1.807) is 7.11 Å². The predicted molar refractivity (Wildman–Crippen MR) is 101 cm³/mol. The highest BCUT2D eigenvalue weighted by molar-refractivity contribution is 7.89. The number of nitrogens with one attached hydrogen (secondary N) is 1. The number of ether oxygens (including phenoxy) is 2. The molecule has 0 bridgehead atoms. The Kier molecular flexibility index (Phi) is 4.77. The van der Waals surface area contributed by atoms with Crippen molar-refractivity contribution in [3.8, 4) is 11.8 Å². The zero-order chi connectivity index (χ0) is 19.7. The minimum Gasteiger partial charge on any atom is -0.497 e. The van der Waals surface area contributed by atoms with Gasteiger partial charge in [-0.25, -0.2) is 18.1 Å². The molecule has 1 aliphatic heterocycles. The van der Waals surface area contributed by atoms with E-state index in [2.05, 4.69) is 9.71 Å². The van der Waals surface area contributed by atoms with E-state index in [-0.39, 0.29) is 17.5 Å². The molecule has 2 aromatic carbocycles. The van der Waals surface area contributed by atoms with E-state index in [9.17, 15) is 8.42 Å². The second-order valence-corrected chi connectivity index (χ2v) is 8.18. The lowest BCUT2D eigenvalue weighted by atomic mass is 10.2. The van der Waals surface area contributed by atoms with E-state index in [1.807, 2.05) is 28.8 Å². The minimum atomic E-state index is -3.70. The standard InChI is InChI=1S/C19H18N4O4S/c1-26-15-4-7-18-17(8-15)22-19-12-27-11-14(23(18)19)10-21-28(24,25)16-5-2-13(9-20)3-6-16/h2-8,14,21H,10-12H2,1H3/t14-/m0/s1. The molecule has 1 aliphatic rings. The SMILES string of the molecule is COc1ccc2c(c1)nc1n2[C@@H](CNS(=O)(=O)c2ccc(C#N)cc2)COC1. The van der Waals surface area contributed by atoms with Gasteiger partial charge in [-0.05, 0) is 36.4 Å². The van der Waals surface area contributed by atoms with Gasteiger partial charge in [-0.2, -0.15) is 5.26 Å². The highest BCUT2D eigenvalue weighted by Gasteiger charge is 2.26. The summed E-state index contributed by atoms with van der Waals surface area (Å²) in [6, 6.07) is 13.2. The summed E-state index contributed by atoms with van der Waals surface area (Å²) in [6.45, 7) is 0.906. The average molecular weight is 398 g/mol. The third kappa shape index (κ3) is 3.33. The number of hydrogen-bond acceptors (Lipinski definition) is 6. The van der Waals surface area contributed by atoms with Crippen LogP contribution in [0.4, 0.5) is 0 Å². The van der Waals surface area contributed by atoms with Crippen molar-refractivity contribution in [1.29, 1.82) is 5.26 Å². The molecule has 1 N–H and O–H groups in total. The van der Waals surface area contributed by atoms with E-state index in [4.69, 9.17) is 14.7 Å². The molecule has 28 heavy (non-hydrogen) atoms. The third-order valence-electron chi connectivity index (χ3n) is 4.68. The van der Waals surface area contributed by atoms with Gasteiger partial charge in [-0.1, -0.05) is 0 Å². The van der Waals surface area contributed by atoms with Gasteiger partial charge in [-0.15, -0.1) is 0 Å². The molecule has 0 amide bonds. The molecule has 0 fully saturated rings. The molecule has 9 heteroatoms. The van der Waals surface area contributed by atoms with Crippen molar-refractivity contribution in [1.82, 2.24) is 14.3 Å². The van der Waals surface area contributed by atoms with Crippen molar-refractivity contribution >= 4 is 21.1 Å². The molecule has 0 saturated heterocycles. The number of rotatable bonds is 5. The van der Waals surface area contributed by atoms with Crippen LogP contribution < -0.4 is 9.46 Å². The first-order valence-electron chi connectivity index (χ1n) is 8.64. The number of aromatic nitrogens is 2. The zero-order valence-electron chi connectivity index (χ0n) is 15.1. The molecule has 8 nitrogen and oxygen atoms in total. The molecule has 4 rings (SSSR count). The first kappa shape index (κ1) is 18.4. The lowest BCUT2D eigenvalue weighted by Crippen LogP contribution is -2.35. The van der Waals surface area contributed by atoms with Crippen molar-refractivity contribution in [3.63, 3.8) is 0 Å². The summed E-state index contributed by atoms with van der Waals surface area (Å²) in [5.74, 6) is 1.46. The summed E-state index contributed by atoms with van der Waals surface area (Å²) >= 11 is 0. The molecule has 1 aromatic heterocycles. The molecule has 2 heterocycles. The van der Waals surface area contributed by atoms with E-state index >= 15 is 0 Å². The molecule has 1 atom stereocenters. The topological polar surface area (TPSA) is 106 Å². The van der Waals surface area contributed by atoms with Gasteiger partial charge in [0, 0.05) is 12.6 Å². The van der Waals surface area contributed by atoms with Crippen LogP contribution in [-0.4, -0.2) is 38.2 Å². The van der Waals surface area contributed by atoms with Crippen LogP contribution in [0.1, 0.15) is 17.4 Å². The Morgan fingerprint density at radius 2 is 2.11 bits per heavy atom. The van der Waals surface area contributed by atoms with Gasteiger partial charge in [0.15, 0.2) is 0 Å². The number of nitriles is 1. The van der Waals surface area contributed by atoms with E-state index in [0.717, 1.165) is 16.9 Å². The average Bonchev–Trinajstić information content (AvgIpc) is 3.10. The van der Waals surface area contributed by atoms with Crippen LogP contribution in [0.25, 0.3) is 11.0 Å². The number of fused-ring (bicyclic) bond motifs is 3. The molecule has 0 aliphatic carbocycles. The summed E-state index contributed by atoms with van der Waals surface area (Å²) in [5, 5.41) is 8.85. The van der Waals surface area contributed by atoms with Crippen molar-refractivity contribution in [2.45, 2.75) is 17.5 Å². The number of hydrogen-bond donors (Lipinski definition) is 1. The largest absolute Gasteiger partial charge is 0.497 e. The first-order chi connectivity index (χ1) is 13.5. The fourth-order valence-corrected chi connectivity index (χ4v) is 4.35. The van der Waals surface area contributed by atoms with Crippen LogP contribution in [0.3, 0.4) is 0 Å². The maximum atomic E-state index is 12.6. The van der Waals surface area contributed by atoms with Crippen molar-refractivity contribution < 1.29 is 17.9 Å². The summed E-state index contributed by atoms with van der Waals surface area (Å²) in [4.78, 5) is 4.70. The van der Waals surface area contributed by atoms with E-state index in [1.165, 1.54) is 24.3 Å². The van der Waals surface area contributed by atoms with Gasteiger partial charge in [-0.3, -0.25) is 0 Å². The highest BCUT2D eigenvalue weighted by Crippen LogP contribution is 2.28. The quantitative estimate of drug-likeness (QED) is 0.704. The lowest BCUT2D eigenvalue weighted by Gasteiger charge is -2.26. The molecule has 0 radical (unpaired) electrons. The van der Waals surface area contributed by atoms with Gasteiger partial charge in [0.25, 0.3) is 0 Å². The van der Waals surface area contributed by atoms with Crippen LogP contribution in [-0.2, 0) is 21.4 Å². The Hall–Kier alpha value is -2.93. The van der Waals surface area contributed by atoms with Crippen LogP contribution in [0, 0.1) is 11.3 Å². The van der Waals surface area contributed by atoms with Gasteiger partial charge in [0.05, 0.1) is 47.3 Å². The fraction of sp³-hybridized carbons (Fsp3) is 0.263. The van der Waals surface area contributed by atoms with Crippen LogP contribution >= 0.6 is 0 Å². The Bertz CT molecular complexity index is 1160. The molecule has 0 saturated carbocycles. The van der Waals surface area contributed by atoms with E-state index in [0.29, 0.717) is 24.5 Å². The monoisotopic (exact) mass is 398 g/mol. The number of sulfonamides is 1. The van der Waals surface area contributed by atoms with Crippen LogP contribution in [0.15, 0.2) is 47.4 Å². The molecule has 0 unspecified atom stereocenters. The number of methoxy groups -OCH3 is 1. The molecular formula is C19H18N4O4S. The smallest absolute Gasteiger partial charge is 0.240 e. The fourth-order valence-electron chi connectivity index (χ4n) is 3.27. The summed E-state index contributed by atoms with van der Waals surface area (Å²) in [6.07, 6.45) is 0.